The summed E-state index contributed by atoms with van der Waals surface area (Å²) in [5.41, 5.74) is 5.85. The number of carbonyl (C=O) groups is 1. The van der Waals surface area contributed by atoms with Crippen molar-refractivity contribution in [3.63, 3.8) is 0 Å². The first-order chi connectivity index (χ1) is 11.4. The Hall–Kier alpha value is -1.99. The standard InChI is InChI=1S/C17H17F3N2O2.ClH/c18-17(19,20)13-3-1-11(2-4-13)9-22(14-5-6-14)16(23)12-7-15(8-21)24-10-12;/h1-4,7,10,14H,5-6,8-9,21H2;1H. The van der Waals surface area contributed by atoms with Crippen LogP contribution in [-0.2, 0) is 19.3 Å². The molecule has 1 saturated carbocycles. The molecule has 0 spiro atoms. The SMILES string of the molecule is Cl.NCc1cc(C(=O)N(Cc2ccc(C(F)(F)F)cc2)C2CC2)co1. The van der Waals surface area contributed by atoms with Gasteiger partial charge in [-0.1, -0.05) is 12.1 Å². The zero-order valence-corrected chi connectivity index (χ0v) is 14.1. The Labute approximate surface area is 149 Å². The topological polar surface area (TPSA) is 59.5 Å². The van der Waals surface area contributed by atoms with Gasteiger partial charge in [0, 0.05) is 12.6 Å². The van der Waals surface area contributed by atoms with Gasteiger partial charge in [0.1, 0.15) is 12.0 Å². The minimum Gasteiger partial charge on any atom is -0.467 e. The Kier molecular flexibility index (Phi) is 5.80. The van der Waals surface area contributed by atoms with Crippen LogP contribution in [0.2, 0.25) is 0 Å². The van der Waals surface area contributed by atoms with Crippen LogP contribution in [0.4, 0.5) is 13.2 Å². The summed E-state index contributed by atoms with van der Waals surface area (Å²) in [6.45, 7) is 0.473. The van der Waals surface area contributed by atoms with Crippen LogP contribution in [0.5, 0.6) is 0 Å². The van der Waals surface area contributed by atoms with Crippen molar-refractivity contribution in [3.05, 3.63) is 59.0 Å². The molecule has 25 heavy (non-hydrogen) atoms. The third-order valence-corrected chi connectivity index (χ3v) is 3.98. The van der Waals surface area contributed by atoms with Crippen LogP contribution in [-0.4, -0.2) is 16.8 Å². The van der Waals surface area contributed by atoms with Gasteiger partial charge in [-0.05, 0) is 36.6 Å². The van der Waals surface area contributed by atoms with Crippen molar-refractivity contribution < 1.29 is 22.4 Å². The van der Waals surface area contributed by atoms with Gasteiger partial charge in [0.15, 0.2) is 0 Å². The number of rotatable bonds is 5. The molecule has 1 amide bonds. The molecule has 4 nitrogen and oxygen atoms in total. The minimum absolute atomic E-state index is 0. The number of halogens is 4. The Balaban J connectivity index is 0.00000225. The second-order valence-electron chi connectivity index (χ2n) is 5.86. The lowest BCUT2D eigenvalue weighted by Gasteiger charge is -2.22. The quantitative estimate of drug-likeness (QED) is 0.861. The van der Waals surface area contributed by atoms with E-state index >= 15 is 0 Å². The highest BCUT2D eigenvalue weighted by Crippen LogP contribution is 2.32. The fourth-order valence-corrected chi connectivity index (χ4v) is 2.51. The Morgan fingerprint density at radius 3 is 2.36 bits per heavy atom. The monoisotopic (exact) mass is 374 g/mol. The first-order valence-corrected chi connectivity index (χ1v) is 7.63. The molecule has 1 heterocycles. The van der Waals surface area contributed by atoms with Gasteiger partial charge in [0.2, 0.25) is 0 Å². The molecule has 1 aliphatic carbocycles. The predicted molar refractivity (Wildman–Crippen MR) is 88.2 cm³/mol. The average Bonchev–Trinajstić information content (AvgIpc) is 3.28. The van der Waals surface area contributed by atoms with Crippen molar-refractivity contribution in [2.24, 2.45) is 5.73 Å². The molecule has 0 aliphatic heterocycles. The van der Waals surface area contributed by atoms with E-state index < -0.39 is 11.7 Å². The van der Waals surface area contributed by atoms with Crippen molar-refractivity contribution in [1.82, 2.24) is 4.90 Å². The molecule has 1 aromatic heterocycles. The van der Waals surface area contributed by atoms with Crippen LogP contribution in [0.3, 0.4) is 0 Å². The van der Waals surface area contributed by atoms with E-state index in [9.17, 15) is 18.0 Å². The van der Waals surface area contributed by atoms with Gasteiger partial charge in [-0.25, -0.2) is 0 Å². The number of alkyl halides is 3. The van der Waals surface area contributed by atoms with E-state index in [1.807, 2.05) is 0 Å². The first-order valence-electron chi connectivity index (χ1n) is 7.63. The summed E-state index contributed by atoms with van der Waals surface area (Å²) in [6.07, 6.45) is -1.20. The normalized spacial score (nSPS) is 14.1. The van der Waals surface area contributed by atoms with Gasteiger partial charge in [0.05, 0.1) is 17.7 Å². The van der Waals surface area contributed by atoms with Crippen LogP contribution < -0.4 is 5.73 Å². The Morgan fingerprint density at radius 1 is 1.24 bits per heavy atom. The highest BCUT2D eigenvalue weighted by Gasteiger charge is 2.34. The third-order valence-electron chi connectivity index (χ3n) is 3.98. The molecule has 1 fully saturated rings. The van der Waals surface area contributed by atoms with Crippen LogP contribution in [0.15, 0.2) is 41.0 Å². The van der Waals surface area contributed by atoms with Gasteiger partial charge < -0.3 is 15.1 Å². The molecule has 8 heteroatoms. The van der Waals surface area contributed by atoms with Crippen molar-refractivity contribution in [2.75, 3.05) is 0 Å². The zero-order chi connectivity index (χ0) is 17.3. The van der Waals surface area contributed by atoms with Crippen molar-refractivity contribution >= 4 is 18.3 Å². The lowest BCUT2D eigenvalue weighted by Crippen LogP contribution is -2.32. The molecule has 136 valence electrons. The summed E-state index contributed by atoms with van der Waals surface area (Å²) in [7, 11) is 0. The van der Waals surface area contributed by atoms with E-state index in [0.717, 1.165) is 25.0 Å². The number of nitrogens with two attached hydrogens (primary N) is 1. The number of benzene rings is 1. The first kappa shape index (κ1) is 19.3. The van der Waals surface area contributed by atoms with Crippen molar-refractivity contribution in [1.29, 1.82) is 0 Å². The fourth-order valence-electron chi connectivity index (χ4n) is 2.51. The lowest BCUT2D eigenvalue weighted by atomic mass is 10.1. The maximum Gasteiger partial charge on any atom is 0.416 e. The van der Waals surface area contributed by atoms with Gasteiger partial charge in [-0.3, -0.25) is 4.79 Å². The van der Waals surface area contributed by atoms with E-state index in [1.165, 1.54) is 18.4 Å². The second-order valence-corrected chi connectivity index (χ2v) is 5.86. The molecule has 2 N–H and O–H groups in total. The molecule has 3 rings (SSSR count). The number of hydrogen-bond donors (Lipinski definition) is 1. The van der Waals surface area contributed by atoms with Crippen molar-refractivity contribution in [2.45, 2.75) is 38.1 Å². The maximum atomic E-state index is 12.6. The number of amides is 1. The predicted octanol–water partition coefficient (Wildman–Crippen LogP) is 3.98. The molecule has 1 aliphatic rings. The molecular formula is C17H18ClF3N2O2. The smallest absolute Gasteiger partial charge is 0.416 e. The van der Waals surface area contributed by atoms with Crippen LogP contribution in [0.1, 0.15) is 40.1 Å². The van der Waals surface area contributed by atoms with E-state index in [4.69, 9.17) is 10.2 Å². The molecule has 0 saturated heterocycles. The van der Waals surface area contributed by atoms with Gasteiger partial charge >= 0.3 is 6.18 Å². The largest absolute Gasteiger partial charge is 0.467 e. The third kappa shape index (κ3) is 4.55. The lowest BCUT2D eigenvalue weighted by molar-refractivity contribution is -0.137. The molecule has 0 atom stereocenters. The highest BCUT2D eigenvalue weighted by atomic mass is 35.5. The van der Waals surface area contributed by atoms with E-state index in [0.29, 0.717) is 16.9 Å². The molecule has 0 bridgehead atoms. The number of furan rings is 1. The molecule has 0 unspecified atom stereocenters. The summed E-state index contributed by atoms with van der Waals surface area (Å²) < 4.78 is 43.1. The summed E-state index contributed by atoms with van der Waals surface area (Å²) in [4.78, 5) is 14.3. The summed E-state index contributed by atoms with van der Waals surface area (Å²) in [5, 5.41) is 0. The van der Waals surface area contributed by atoms with Crippen molar-refractivity contribution in [3.8, 4) is 0 Å². The van der Waals surface area contributed by atoms with E-state index in [-0.39, 0.29) is 37.4 Å². The van der Waals surface area contributed by atoms with Crippen LogP contribution in [0, 0.1) is 0 Å². The number of nitrogens with zero attached hydrogens (tertiary/aromatic N) is 1. The zero-order valence-electron chi connectivity index (χ0n) is 13.3. The van der Waals surface area contributed by atoms with Gasteiger partial charge in [-0.2, -0.15) is 13.2 Å². The highest BCUT2D eigenvalue weighted by molar-refractivity contribution is 5.94. The minimum atomic E-state index is -4.36. The maximum absolute atomic E-state index is 12.6. The Bertz CT molecular complexity index is 724. The Morgan fingerprint density at radius 2 is 1.88 bits per heavy atom. The summed E-state index contributed by atoms with van der Waals surface area (Å²) >= 11 is 0. The van der Waals surface area contributed by atoms with Gasteiger partial charge in [0.25, 0.3) is 5.91 Å². The molecular weight excluding hydrogens is 357 g/mol. The summed E-state index contributed by atoms with van der Waals surface area (Å²) in [5.74, 6) is 0.324. The number of hydrogen-bond acceptors (Lipinski definition) is 3. The van der Waals surface area contributed by atoms with Crippen LogP contribution >= 0.6 is 12.4 Å². The van der Waals surface area contributed by atoms with Gasteiger partial charge in [-0.15, -0.1) is 12.4 Å². The van der Waals surface area contributed by atoms with E-state index in [1.54, 1.807) is 11.0 Å². The molecule has 2 aromatic rings. The fraction of sp³-hybridized carbons (Fsp3) is 0.353. The summed E-state index contributed by atoms with van der Waals surface area (Å²) in [6, 6.07) is 6.61. The molecule has 0 radical (unpaired) electrons. The average molecular weight is 375 g/mol. The van der Waals surface area contributed by atoms with E-state index in [2.05, 4.69) is 0 Å². The second kappa shape index (κ2) is 7.49. The number of carbonyl (C=O) groups excluding carboxylic acids is 1. The molecule has 1 aromatic carbocycles. The van der Waals surface area contributed by atoms with Crippen LogP contribution in [0.25, 0.3) is 0 Å².